The third kappa shape index (κ3) is 3.80. The van der Waals surface area contributed by atoms with Gasteiger partial charge in [-0.25, -0.2) is 8.78 Å². The van der Waals surface area contributed by atoms with Crippen LogP contribution in [0.3, 0.4) is 0 Å². The lowest BCUT2D eigenvalue weighted by Crippen LogP contribution is -2.22. The summed E-state index contributed by atoms with van der Waals surface area (Å²) < 4.78 is 26.0. The summed E-state index contributed by atoms with van der Waals surface area (Å²) in [6.45, 7) is 3.91. The highest BCUT2D eigenvalue weighted by atomic mass is 19.1. The summed E-state index contributed by atoms with van der Waals surface area (Å²) >= 11 is 0. The van der Waals surface area contributed by atoms with Crippen molar-refractivity contribution in [3.63, 3.8) is 0 Å². The van der Waals surface area contributed by atoms with Crippen LogP contribution in [0.2, 0.25) is 0 Å². The Morgan fingerprint density at radius 2 is 2.06 bits per heavy atom. The minimum Gasteiger partial charge on any atom is -0.323 e. The zero-order valence-corrected chi connectivity index (χ0v) is 10.1. The lowest BCUT2D eigenvalue weighted by molar-refractivity contribution is -0.120. The van der Waals surface area contributed by atoms with Gasteiger partial charge in [-0.05, 0) is 25.0 Å². The smallest absolute Gasteiger partial charge is 0.227 e. The van der Waals surface area contributed by atoms with E-state index < -0.39 is 11.6 Å². The quantitative estimate of drug-likeness (QED) is 0.836. The first-order chi connectivity index (χ1) is 8.08. The van der Waals surface area contributed by atoms with Gasteiger partial charge in [0.25, 0.3) is 0 Å². The number of amides is 1. The van der Waals surface area contributed by atoms with E-state index in [-0.39, 0.29) is 17.5 Å². The maximum atomic E-state index is 13.3. The zero-order chi connectivity index (χ0) is 12.8. The van der Waals surface area contributed by atoms with Crippen molar-refractivity contribution in [3.05, 3.63) is 29.8 Å². The molecule has 0 saturated heterocycles. The van der Waals surface area contributed by atoms with E-state index in [1.165, 1.54) is 6.07 Å². The van der Waals surface area contributed by atoms with E-state index in [2.05, 4.69) is 5.32 Å². The summed E-state index contributed by atoms with van der Waals surface area (Å²) in [7, 11) is 0. The zero-order valence-electron chi connectivity index (χ0n) is 10.1. The van der Waals surface area contributed by atoms with Gasteiger partial charge in [-0.3, -0.25) is 4.79 Å². The molecule has 1 amide bonds. The second-order valence-corrected chi connectivity index (χ2v) is 4.01. The van der Waals surface area contributed by atoms with Gasteiger partial charge in [-0.2, -0.15) is 0 Å². The first-order valence-electron chi connectivity index (χ1n) is 5.84. The average Bonchev–Trinajstić information content (AvgIpc) is 2.29. The van der Waals surface area contributed by atoms with E-state index in [0.717, 1.165) is 25.0 Å². The van der Waals surface area contributed by atoms with E-state index in [4.69, 9.17) is 0 Å². The van der Waals surface area contributed by atoms with Gasteiger partial charge in [0.05, 0.1) is 5.69 Å². The van der Waals surface area contributed by atoms with Gasteiger partial charge < -0.3 is 5.32 Å². The monoisotopic (exact) mass is 241 g/mol. The summed E-state index contributed by atoms with van der Waals surface area (Å²) in [5.74, 6) is -1.73. The summed E-state index contributed by atoms with van der Waals surface area (Å²) in [4.78, 5) is 11.8. The maximum absolute atomic E-state index is 13.3. The van der Waals surface area contributed by atoms with Crippen molar-refractivity contribution in [1.82, 2.24) is 0 Å². The Balaban J connectivity index is 2.73. The molecule has 1 unspecified atom stereocenters. The molecule has 0 aromatic heterocycles. The predicted octanol–water partition coefficient (Wildman–Crippen LogP) is 3.73. The lowest BCUT2D eigenvalue weighted by Gasteiger charge is -2.14. The van der Waals surface area contributed by atoms with Crippen molar-refractivity contribution >= 4 is 11.6 Å². The minimum absolute atomic E-state index is 0.0333. The van der Waals surface area contributed by atoms with Crippen LogP contribution in [0.5, 0.6) is 0 Å². The fraction of sp³-hybridized carbons (Fsp3) is 0.462. The van der Waals surface area contributed by atoms with Crippen LogP contribution in [-0.4, -0.2) is 5.91 Å². The first kappa shape index (κ1) is 13.6. The van der Waals surface area contributed by atoms with Crippen molar-refractivity contribution in [2.45, 2.75) is 33.1 Å². The van der Waals surface area contributed by atoms with Gasteiger partial charge >= 0.3 is 0 Å². The topological polar surface area (TPSA) is 29.1 Å². The number of halogens is 2. The van der Waals surface area contributed by atoms with Crippen LogP contribution in [0, 0.1) is 17.6 Å². The van der Waals surface area contributed by atoms with Crippen LogP contribution < -0.4 is 5.32 Å². The molecule has 0 heterocycles. The highest BCUT2D eigenvalue weighted by molar-refractivity contribution is 5.92. The van der Waals surface area contributed by atoms with Crippen LogP contribution in [-0.2, 0) is 4.79 Å². The molecule has 17 heavy (non-hydrogen) atoms. The van der Waals surface area contributed by atoms with Gasteiger partial charge in [0.1, 0.15) is 11.6 Å². The second kappa shape index (κ2) is 6.33. The molecular weight excluding hydrogens is 224 g/mol. The molecule has 0 aliphatic carbocycles. The minimum atomic E-state index is -0.746. The molecule has 4 heteroatoms. The fourth-order valence-electron chi connectivity index (χ4n) is 1.69. The number of carbonyl (C=O) groups is 1. The van der Waals surface area contributed by atoms with Gasteiger partial charge in [0, 0.05) is 12.0 Å². The molecular formula is C13H17F2NO. The van der Waals surface area contributed by atoms with E-state index in [9.17, 15) is 13.6 Å². The molecule has 0 aliphatic heterocycles. The fourth-order valence-corrected chi connectivity index (χ4v) is 1.69. The van der Waals surface area contributed by atoms with E-state index in [1.807, 2.05) is 13.8 Å². The van der Waals surface area contributed by atoms with Gasteiger partial charge in [0.2, 0.25) is 5.91 Å². The molecule has 0 aliphatic rings. The molecule has 0 radical (unpaired) electrons. The SMILES string of the molecule is CCCC(CC)C(=O)Nc1ccc(F)cc1F. The lowest BCUT2D eigenvalue weighted by atomic mass is 10.00. The number of benzene rings is 1. The normalized spacial score (nSPS) is 12.2. The number of rotatable bonds is 5. The standard InChI is InChI=1S/C13H17F2NO/c1-3-5-9(4-2)13(17)16-12-7-6-10(14)8-11(12)15/h6-9H,3-5H2,1-2H3,(H,16,17). The van der Waals surface area contributed by atoms with Crippen LogP contribution in [0.1, 0.15) is 33.1 Å². The predicted molar refractivity (Wildman–Crippen MR) is 63.7 cm³/mol. The Bertz CT molecular complexity index is 393. The molecule has 0 fully saturated rings. The van der Waals surface area contributed by atoms with E-state index in [1.54, 1.807) is 0 Å². The van der Waals surface area contributed by atoms with E-state index in [0.29, 0.717) is 6.42 Å². The largest absolute Gasteiger partial charge is 0.323 e. The van der Waals surface area contributed by atoms with Crippen molar-refractivity contribution in [1.29, 1.82) is 0 Å². The molecule has 1 N–H and O–H groups in total. The number of hydrogen-bond donors (Lipinski definition) is 1. The highest BCUT2D eigenvalue weighted by Crippen LogP contribution is 2.18. The summed E-state index contributed by atoms with van der Waals surface area (Å²) in [6, 6.07) is 3.12. The first-order valence-corrected chi connectivity index (χ1v) is 5.84. The third-order valence-electron chi connectivity index (χ3n) is 2.69. The van der Waals surface area contributed by atoms with E-state index >= 15 is 0 Å². The molecule has 0 bridgehead atoms. The number of carbonyl (C=O) groups excluding carboxylic acids is 1. The molecule has 1 aromatic rings. The highest BCUT2D eigenvalue weighted by Gasteiger charge is 2.16. The van der Waals surface area contributed by atoms with Crippen molar-refractivity contribution in [2.24, 2.45) is 5.92 Å². The Morgan fingerprint density at radius 3 is 2.59 bits per heavy atom. The molecule has 1 atom stereocenters. The number of anilines is 1. The van der Waals surface area contributed by atoms with Crippen molar-refractivity contribution < 1.29 is 13.6 Å². The van der Waals surface area contributed by atoms with Crippen LogP contribution >= 0.6 is 0 Å². The molecule has 1 rings (SSSR count). The number of nitrogens with one attached hydrogen (secondary N) is 1. The molecule has 0 spiro atoms. The molecule has 94 valence electrons. The maximum Gasteiger partial charge on any atom is 0.227 e. The van der Waals surface area contributed by atoms with Crippen LogP contribution in [0.25, 0.3) is 0 Å². The summed E-state index contributed by atoms with van der Waals surface area (Å²) in [5, 5.41) is 2.49. The number of hydrogen-bond acceptors (Lipinski definition) is 1. The van der Waals surface area contributed by atoms with Crippen LogP contribution in [0.15, 0.2) is 18.2 Å². The van der Waals surface area contributed by atoms with Crippen molar-refractivity contribution in [2.75, 3.05) is 5.32 Å². The molecule has 0 saturated carbocycles. The van der Waals surface area contributed by atoms with Gasteiger partial charge in [0.15, 0.2) is 0 Å². The molecule has 2 nitrogen and oxygen atoms in total. The molecule has 1 aromatic carbocycles. The average molecular weight is 241 g/mol. The van der Waals surface area contributed by atoms with Gasteiger partial charge in [-0.1, -0.05) is 20.3 Å². The summed E-state index contributed by atoms with van der Waals surface area (Å²) in [6.07, 6.45) is 2.38. The van der Waals surface area contributed by atoms with Crippen LogP contribution in [0.4, 0.5) is 14.5 Å². The Morgan fingerprint density at radius 1 is 1.35 bits per heavy atom. The Labute approximate surface area is 100 Å². The third-order valence-corrected chi connectivity index (χ3v) is 2.69. The Kier molecular flexibility index (Phi) is 5.07. The van der Waals surface area contributed by atoms with Gasteiger partial charge in [-0.15, -0.1) is 0 Å². The Hall–Kier alpha value is -1.45. The van der Waals surface area contributed by atoms with Crippen molar-refractivity contribution in [3.8, 4) is 0 Å². The second-order valence-electron chi connectivity index (χ2n) is 4.01. The summed E-state index contributed by atoms with van der Waals surface area (Å²) in [5.41, 5.74) is 0.0333.